The van der Waals surface area contributed by atoms with Crippen LogP contribution in [0.2, 0.25) is 0 Å². The number of carbonyl (C=O) groups is 2. The van der Waals surface area contributed by atoms with E-state index in [1.165, 1.54) is 0 Å². The minimum absolute atomic E-state index is 0.0479. The number of amides is 1. The van der Waals surface area contributed by atoms with E-state index in [9.17, 15) is 9.59 Å². The van der Waals surface area contributed by atoms with Crippen LogP contribution in [-0.4, -0.2) is 48.3 Å². The Morgan fingerprint density at radius 3 is 2.52 bits per heavy atom. The topological polar surface area (TPSA) is 67.9 Å². The fraction of sp³-hybridized carbons (Fsp3) is 0.619. The summed E-state index contributed by atoms with van der Waals surface area (Å²) in [6.07, 6.45) is 0.209. The zero-order valence-corrected chi connectivity index (χ0v) is 17.0. The zero-order valence-electron chi connectivity index (χ0n) is 17.0. The zero-order chi connectivity index (χ0) is 20.0. The molecule has 6 heteroatoms. The van der Waals surface area contributed by atoms with Gasteiger partial charge in [0.15, 0.2) is 0 Å². The number of hydrogen-bond acceptors (Lipinski definition) is 5. The molecule has 0 aliphatic carbocycles. The maximum atomic E-state index is 12.5. The van der Waals surface area contributed by atoms with E-state index in [1.54, 1.807) is 4.90 Å². The summed E-state index contributed by atoms with van der Waals surface area (Å²) in [6, 6.07) is 9.90. The van der Waals surface area contributed by atoms with Gasteiger partial charge in [-0.2, -0.15) is 0 Å². The van der Waals surface area contributed by atoms with Crippen LogP contribution in [0.3, 0.4) is 0 Å². The Labute approximate surface area is 162 Å². The largest absolute Gasteiger partial charge is 0.466 e. The second kappa shape index (κ2) is 9.22. The van der Waals surface area contributed by atoms with Crippen LogP contribution in [0, 0.1) is 5.92 Å². The average molecular weight is 376 g/mol. The van der Waals surface area contributed by atoms with Crippen molar-refractivity contribution in [3.63, 3.8) is 0 Å². The number of nitrogens with zero attached hydrogens (tertiary/aromatic N) is 1. The molecule has 1 heterocycles. The van der Waals surface area contributed by atoms with E-state index in [0.29, 0.717) is 26.1 Å². The number of carbonyl (C=O) groups excluding carboxylic acids is 2. The van der Waals surface area contributed by atoms with Gasteiger partial charge in [0.1, 0.15) is 5.60 Å². The third-order valence-electron chi connectivity index (χ3n) is 4.62. The van der Waals surface area contributed by atoms with Crippen molar-refractivity contribution in [2.45, 2.75) is 58.7 Å². The molecule has 2 rings (SSSR count). The van der Waals surface area contributed by atoms with Gasteiger partial charge in [-0.15, -0.1) is 0 Å². The molecular formula is C21H32N2O4. The van der Waals surface area contributed by atoms with Gasteiger partial charge in [0, 0.05) is 25.2 Å². The first-order valence-corrected chi connectivity index (χ1v) is 9.67. The van der Waals surface area contributed by atoms with E-state index in [1.807, 2.05) is 58.0 Å². The molecule has 1 aromatic rings. The second-order valence-corrected chi connectivity index (χ2v) is 7.98. The van der Waals surface area contributed by atoms with Crippen LogP contribution < -0.4 is 5.32 Å². The summed E-state index contributed by atoms with van der Waals surface area (Å²) in [5, 5.41) is 3.52. The molecule has 3 atom stereocenters. The molecule has 1 aliphatic rings. The summed E-state index contributed by atoms with van der Waals surface area (Å²) in [6.45, 7) is 10.7. The highest BCUT2D eigenvalue weighted by molar-refractivity contribution is 5.74. The summed E-state index contributed by atoms with van der Waals surface area (Å²) >= 11 is 0. The number of hydrogen-bond donors (Lipinski definition) is 1. The van der Waals surface area contributed by atoms with Gasteiger partial charge in [-0.05, 0) is 46.6 Å². The molecular weight excluding hydrogens is 344 g/mol. The lowest BCUT2D eigenvalue weighted by molar-refractivity contribution is -0.151. The number of rotatable bonds is 5. The van der Waals surface area contributed by atoms with Crippen molar-refractivity contribution in [3.05, 3.63) is 35.9 Å². The molecule has 0 spiro atoms. The fourth-order valence-electron chi connectivity index (χ4n) is 3.30. The van der Waals surface area contributed by atoms with Gasteiger partial charge in [0.25, 0.3) is 0 Å². The average Bonchev–Trinajstić information content (AvgIpc) is 2.61. The lowest BCUT2D eigenvalue weighted by Crippen LogP contribution is -2.56. The molecule has 0 unspecified atom stereocenters. The fourth-order valence-corrected chi connectivity index (χ4v) is 3.30. The Hall–Kier alpha value is -2.08. The molecule has 1 amide bonds. The van der Waals surface area contributed by atoms with Crippen molar-refractivity contribution >= 4 is 12.1 Å². The van der Waals surface area contributed by atoms with Gasteiger partial charge in [0.2, 0.25) is 0 Å². The highest BCUT2D eigenvalue weighted by Gasteiger charge is 2.38. The molecule has 0 bridgehead atoms. The van der Waals surface area contributed by atoms with Crippen LogP contribution in [0.5, 0.6) is 0 Å². The molecule has 0 saturated carbocycles. The van der Waals surface area contributed by atoms with E-state index in [2.05, 4.69) is 12.2 Å². The van der Waals surface area contributed by atoms with Gasteiger partial charge in [0.05, 0.1) is 12.5 Å². The van der Waals surface area contributed by atoms with Crippen molar-refractivity contribution in [3.8, 4) is 0 Å². The minimum Gasteiger partial charge on any atom is -0.466 e. The standard InChI is InChI=1S/C21H32N2O4/c1-6-26-19(24)17-12-13-23(20(25)27-21(3,4)5)14-18(17)22-15(2)16-10-8-7-9-11-16/h7-11,15,17-18,22H,6,12-14H2,1-5H3/t15-,17-,18+/m1/s1. The third kappa shape index (κ3) is 6.24. The van der Waals surface area contributed by atoms with Crippen molar-refractivity contribution in [1.82, 2.24) is 10.2 Å². The molecule has 1 fully saturated rings. The maximum Gasteiger partial charge on any atom is 0.410 e. The van der Waals surface area contributed by atoms with Crippen LogP contribution in [0.15, 0.2) is 30.3 Å². The Morgan fingerprint density at radius 1 is 1.26 bits per heavy atom. The monoisotopic (exact) mass is 376 g/mol. The van der Waals surface area contributed by atoms with Gasteiger partial charge >= 0.3 is 12.1 Å². The smallest absolute Gasteiger partial charge is 0.410 e. The highest BCUT2D eigenvalue weighted by atomic mass is 16.6. The van der Waals surface area contributed by atoms with Crippen molar-refractivity contribution in [2.24, 2.45) is 5.92 Å². The lowest BCUT2D eigenvalue weighted by atomic mass is 9.90. The predicted molar refractivity (Wildman–Crippen MR) is 104 cm³/mol. The van der Waals surface area contributed by atoms with Crippen LogP contribution >= 0.6 is 0 Å². The maximum absolute atomic E-state index is 12.5. The molecule has 1 aliphatic heterocycles. The van der Waals surface area contributed by atoms with Crippen LogP contribution in [-0.2, 0) is 14.3 Å². The number of piperidine rings is 1. The normalized spacial score (nSPS) is 21.4. The predicted octanol–water partition coefficient (Wildman–Crippen LogP) is 3.53. The Kier molecular flexibility index (Phi) is 7.25. The number of likely N-dealkylation sites (tertiary alicyclic amines) is 1. The first-order valence-electron chi connectivity index (χ1n) is 9.67. The number of esters is 1. The van der Waals surface area contributed by atoms with Crippen molar-refractivity contribution in [1.29, 1.82) is 0 Å². The minimum atomic E-state index is -0.546. The second-order valence-electron chi connectivity index (χ2n) is 7.98. The van der Waals surface area contributed by atoms with Gasteiger partial charge in [-0.3, -0.25) is 4.79 Å². The number of ether oxygens (including phenoxy) is 2. The quantitative estimate of drug-likeness (QED) is 0.797. The first-order chi connectivity index (χ1) is 12.7. The van der Waals surface area contributed by atoms with Crippen molar-refractivity contribution in [2.75, 3.05) is 19.7 Å². The van der Waals surface area contributed by atoms with E-state index >= 15 is 0 Å². The molecule has 1 N–H and O–H groups in total. The van der Waals surface area contributed by atoms with Gasteiger partial charge < -0.3 is 19.7 Å². The molecule has 27 heavy (non-hydrogen) atoms. The number of nitrogens with one attached hydrogen (secondary N) is 1. The van der Waals surface area contributed by atoms with Crippen LogP contribution in [0.4, 0.5) is 4.79 Å². The summed E-state index contributed by atoms with van der Waals surface area (Å²) in [7, 11) is 0. The van der Waals surface area contributed by atoms with Gasteiger partial charge in [-0.1, -0.05) is 30.3 Å². The number of benzene rings is 1. The van der Waals surface area contributed by atoms with Gasteiger partial charge in [-0.25, -0.2) is 4.79 Å². The lowest BCUT2D eigenvalue weighted by Gasteiger charge is -2.39. The highest BCUT2D eigenvalue weighted by Crippen LogP contribution is 2.24. The van der Waals surface area contributed by atoms with Crippen LogP contribution in [0.1, 0.15) is 52.6 Å². The van der Waals surface area contributed by atoms with E-state index in [-0.39, 0.29) is 30.1 Å². The summed E-state index contributed by atoms with van der Waals surface area (Å²) < 4.78 is 10.8. The summed E-state index contributed by atoms with van der Waals surface area (Å²) in [5.74, 6) is -0.492. The Morgan fingerprint density at radius 2 is 1.93 bits per heavy atom. The molecule has 6 nitrogen and oxygen atoms in total. The summed E-state index contributed by atoms with van der Waals surface area (Å²) in [5.41, 5.74) is 0.587. The summed E-state index contributed by atoms with van der Waals surface area (Å²) in [4.78, 5) is 26.6. The van der Waals surface area contributed by atoms with E-state index in [4.69, 9.17) is 9.47 Å². The SMILES string of the molecule is CCOC(=O)[C@@H]1CCN(C(=O)OC(C)(C)C)C[C@@H]1N[C@H](C)c1ccccc1. The van der Waals surface area contributed by atoms with E-state index < -0.39 is 5.60 Å². The molecule has 1 saturated heterocycles. The molecule has 0 aromatic heterocycles. The van der Waals surface area contributed by atoms with Crippen molar-refractivity contribution < 1.29 is 19.1 Å². The third-order valence-corrected chi connectivity index (χ3v) is 4.62. The molecule has 1 aromatic carbocycles. The molecule has 150 valence electrons. The van der Waals surface area contributed by atoms with E-state index in [0.717, 1.165) is 5.56 Å². The molecule has 0 radical (unpaired) electrons. The van der Waals surface area contributed by atoms with Crippen LogP contribution in [0.25, 0.3) is 0 Å². The first kappa shape index (κ1) is 21.2. The Balaban J connectivity index is 2.12. The Bertz CT molecular complexity index is 627.